The van der Waals surface area contributed by atoms with Gasteiger partial charge < -0.3 is 10.2 Å². The van der Waals surface area contributed by atoms with E-state index in [0.29, 0.717) is 6.04 Å². The second-order valence-electron chi connectivity index (χ2n) is 4.46. The molecule has 0 spiro atoms. The minimum atomic E-state index is 0.154. The van der Waals surface area contributed by atoms with Crippen LogP contribution in [0.2, 0.25) is 0 Å². The van der Waals surface area contributed by atoms with Crippen molar-refractivity contribution in [2.45, 2.75) is 25.8 Å². The van der Waals surface area contributed by atoms with E-state index in [1.54, 1.807) is 0 Å². The van der Waals surface area contributed by atoms with Crippen LogP contribution in [0.3, 0.4) is 0 Å². The van der Waals surface area contributed by atoms with Crippen LogP contribution in [0.5, 0.6) is 0 Å². The normalized spacial score (nSPS) is 19.9. The molecule has 0 bridgehead atoms. The first-order valence-electron chi connectivity index (χ1n) is 6.39. The highest BCUT2D eigenvalue weighted by Gasteiger charge is 2.24. The highest BCUT2D eigenvalue weighted by Crippen LogP contribution is 2.14. The molecule has 0 aliphatic carbocycles. The fourth-order valence-electron chi connectivity index (χ4n) is 2.41. The van der Waals surface area contributed by atoms with E-state index >= 15 is 0 Å². The van der Waals surface area contributed by atoms with Crippen LogP contribution in [0.4, 0.5) is 0 Å². The van der Waals surface area contributed by atoms with Crippen LogP contribution in [-0.2, 0) is 0 Å². The summed E-state index contributed by atoms with van der Waals surface area (Å²) in [7, 11) is 0. The smallest absolute Gasteiger partial charge is 0.254 e. The lowest BCUT2D eigenvalue weighted by Crippen LogP contribution is -2.48. The van der Waals surface area contributed by atoms with Crippen molar-refractivity contribution in [3.05, 3.63) is 35.9 Å². The summed E-state index contributed by atoms with van der Waals surface area (Å²) >= 11 is 0. The maximum absolute atomic E-state index is 12.4. The van der Waals surface area contributed by atoms with Gasteiger partial charge in [0.1, 0.15) is 0 Å². The molecule has 17 heavy (non-hydrogen) atoms. The molecule has 1 aromatic carbocycles. The summed E-state index contributed by atoms with van der Waals surface area (Å²) in [6.45, 7) is 4.83. The van der Waals surface area contributed by atoms with Crippen LogP contribution in [0.15, 0.2) is 30.3 Å². The molecule has 1 heterocycles. The Morgan fingerprint density at radius 2 is 2.18 bits per heavy atom. The third-order valence-corrected chi connectivity index (χ3v) is 3.33. The van der Waals surface area contributed by atoms with E-state index < -0.39 is 0 Å². The Kier molecular flexibility index (Phi) is 4.15. The van der Waals surface area contributed by atoms with Crippen LogP contribution in [0.25, 0.3) is 0 Å². The molecular weight excluding hydrogens is 212 g/mol. The molecule has 1 atom stereocenters. The highest BCUT2D eigenvalue weighted by molar-refractivity contribution is 5.94. The maximum Gasteiger partial charge on any atom is 0.254 e. The molecule has 1 amide bonds. The van der Waals surface area contributed by atoms with Gasteiger partial charge in [-0.3, -0.25) is 4.79 Å². The predicted octanol–water partition coefficient (Wildman–Crippen LogP) is 1.90. The van der Waals surface area contributed by atoms with Crippen LogP contribution in [0, 0.1) is 0 Å². The van der Waals surface area contributed by atoms with E-state index in [1.165, 1.54) is 0 Å². The number of hydrogen-bond acceptors (Lipinski definition) is 2. The molecule has 1 fully saturated rings. The zero-order valence-corrected chi connectivity index (χ0v) is 10.4. The summed E-state index contributed by atoms with van der Waals surface area (Å²) in [4.78, 5) is 14.4. The number of benzene rings is 1. The second-order valence-corrected chi connectivity index (χ2v) is 4.46. The lowest BCUT2D eigenvalue weighted by atomic mass is 10.0. The molecule has 1 unspecified atom stereocenters. The maximum atomic E-state index is 12.4. The first kappa shape index (κ1) is 12.1. The van der Waals surface area contributed by atoms with Crippen molar-refractivity contribution in [1.29, 1.82) is 0 Å². The summed E-state index contributed by atoms with van der Waals surface area (Å²) < 4.78 is 0. The summed E-state index contributed by atoms with van der Waals surface area (Å²) in [6.07, 6.45) is 2.27. The van der Waals surface area contributed by atoms with E-state index in [1.807, 2.05) is 35.2 Å². The first-order chi connectivity index (χ1) is 8.33. The van der Waals surface area contributed by atoms with E-state index in [9.17, 15) is 4.79 Å². The third-order valence-electron chi connectivity index (χ3n) is 3.33. The van der Waals surface area contributed by atoms with Crippen molar-refractivity contribution in [2.24, 2.45) is 0 Å². The van der Waals surface area contributed by atoms with Gasteiger partial charge in [0.25, 0.3) is 5.91 Å². The number of piperidine rings is 1. The first-order valence-corrected chi connectivity index (χ1v) is 6.39. The van der Waals surface area contributed by atoms with Gasteiger partial charge in [-0.05, 0) is 38.4 Å². The summed E-state index contributed by atoms with van der Waals surface area (Å²) in [6, 6.07) is 9.90. The van der Waals surface area contributed by atoms with Gasteiger partial charge in [-0.15, -0.1) is 0 Å². The van der Waals surface area contributed by atoms with Crippen LogP contribution >= 0.6 is 0 Å². The Bertz CT molecular complexity index is 358. The molecule has 1 aliphatic heterocycles. The Labute approximate surface area is 103 Å². The van der Waals surface area contributed by atoms with Crippen LogP contribution in [0.1, 0.15) is 30.1 Å². The molecule has 2 rings (SSSR count). The van der Waals surface area contributed by atoms with Gasteiger partial charge in [0.2, 0.25) is 0 Å². The molecule has 1 saturated heterocycles. The molecule has 3 heteroatoms. The largest absolute Gasteiger partial charge is 0.335 e. The van der Waals surface area contributed by atoms with Gasteiger partial charge in [-0.25, -0.2) is 0 Å². The third kappa shape index (κ3) is 2.86. The minimum absolute atomic E-state index is 0.154. The highest BCUT2D eigenvalue weighted by atomic mass is 16.2. The number of hydrogen-bond donors (Lipinski definition) is 1. The van der Waals surface area contributed by atoms with E-state index in [0.717, 1.165) is 38.0 Å². The number of likely N-dealkylation sites (N-methyl/N-ethyl adjacent to an activating group) is 1. The van der Waals surface area contributed by atoms with E-state index in [-0.39, 0.29) is 5.91 Å². The van der Waals surface area contributed by atoms with E-state index in [4.69, 9.17) is 0 Å². The molecule has 1 aromatic rings. The molecular formula is C14H20N2O. The molecule has 3 nitrogen and oxygen atoms in total. The average molecular weight is 232 g/mol. The Morgan fingerprint density at radius 1 is 1.41 bits per heavy atom. The van der Waals surface area contributed by atoms with Crippen LogP contribution < -0.4 is 5.32 Å². The number of amides is 1. The molecule has 0 aromatic heterocycles. The van der Waals surface area contributed by atoms with Crippen molar-refractivity contribution in [3.63, 3.8) is 0 Å². The summed E-state index contributed by atoms with van der Waals surface area (Å²) in [5, 5.41) is 3.36. The summed E-state index contributed by atoms with van der Waals surface area (Å²) in [5.74, 6) is 0.154. The second kappa shape index (κ2) is 5.82. The molecule has 1 N–H and O–H groups in total. The predicted molar refractivity (Wildman–Crippen MR) is 69.0 cm³/mol. The molecule has 0 saturated carbocycles. The lowest BCUT2D eigenvalue weighted by Gasteiger charge is -2.34. The number of carbonyl (C=O) groups is 1. The standard InChI is InChI=1S/C14H20N2O/c1-2-16(13-9-6-10-15-11-13)14(17)12-7-4-3-5-8-12/h3-5,7-8,13,15H,2,6,9-11H2,1H3. The van der Waals surface area contributed by atoms with Gasteiger partial charge in [0, 0.05) is 24.7 Å². The topological polar surface area (TPSA) is 32.3 Å². The van der Waals surface area contributed by atoms with Gasteiger partial charge in [0.05, 0.1) is 0 Å². The Morgan fingerprint density at radius 3 is 2.76 bits per heavy atom. The quantitative estimate of drug-likeness (QED) is 0.863. The fourth-order valence-corrected chi connectivity index (χ4v) is 2.41. The molecule has 92 valence electrons. The summed E-state index contributed by atoms with van der Waals surface area (Å²) in [5.41, 5.74) is 0.792. The van der Waals surface area contributed by atoms with Crippen molar-refractivity contribution in [2.75, 3.05) is 19.6 Å². The fraction of sp³-hybridized carbons (Fsp3) is 0.500. The number of nitrogens with zero attached hydrogens (tertiary/aromatic N) is 1. The molecule has 1 aliphatic rings. The zero-order chi connectivity index (χ0) is 12.1. The van der Waals surface area contributed by atoms with Gasteiger partial charge in [-0.1, -0.05) is 18.2 Å². The SMILES string of the molecule is CCN(C(=O)c1ccccc1)C1CCCNC1. The zero-order valence-electron chi connectivity index (χ0n) is 10.4. The molecule has 0 radical (unpaired) electrons. The number of rotatable bonds is 3. The minimum Gasteiger partial charge on any atom is -0.335 e. The van der Waals surface area contributed by atoms with Crippen LogP contribution in [-0.4, -0.2) is 36.5 Å². The Hall–Kier alpha value is -1.35. The van der Waals surface area contributed by atoms with Crippen molar-refractivity contribution < 1.29 is 4.79 Å². The monoisotopic (exact) mass is 232 g/mol. The number of nitrogens with one attached hydrogen (secondary N) is 1. The van der Waals surface area contributed by atoms with E-state index in [2.05, 4.69) is 12.2 Å². The Balaban J connectivity index is 2.09. The van der Waals surface area contributed by atoms with Crippen molar-refractivity contribution >= 4 is 5.91 Å². The number of carbonyl (C=O) groups excluding carboxylic acids is 1. The average Bonchev–Trinajstić information content (AvgIpc) is 2.42. The van der Waals surface area contributed by atoms with Crippen molar-refractivity contribution in [3.8, 4) is 0 Å². The van der Waals surface area contributed by atoms with Gasteiger partial charge in [0.15, 0.2) is 0 Å². The van der Waals surface area contributed by atoms with Crippen molar-refractivity contribution in [1.82, 2.24) is 10.2 Å². The van der Waals surface area contributed by atoms with Gasteiger partial charge in [-0.2, -0.15) is 0 Å². The van der Waals surface area contributed by atoms with Gasteiger partial charge >= 0.3 is 0 Å². The lowest BCUT2D eigenvalue weighted by molar-refractivity contribution is 0.0662.